The van der Waals surface area contributed by atoms with Gasteiger partial charge in [0.2, 0.25) is 5.91 Å². The fraction of sp³-hybridized carbons (Fsp3) is 0.231. The second kappa shape index (κ2) is 7.65. The molecule has 0 radical (unpaired) electrons. The number of benzene rings is 3. The zero-order chi connectivity index (χ0) is 21.5. The van der Waals surface area contributed by atoms with Gasteiger partial charge < -0.3 is 9.47 Å². The van der Waals surface area contributed by atoms with Gasteiger partial charge in [0.15, 0.2) is 0 Å². The van der Waals surface area contributed by atoms with E-state index in [4.69, 9.17) is 4.98 Å². The van der Waals surface area contributed by atoms with Crippen LogP contribution >= 0.6 is 0 Å². The molecule has 1 aliphatic rings. The molecule has 0 saturated carbocycles. The number of carbonyl (C=O) groups excluding carboxylic acids is 1. The van der Waals surface area contributed by atoms with Gasteiger partial charge in [-0.1, -0.05) is 35.9 Å². The highest BCUT2D eigenvalue weighted by molar-refractivity contribution is 5.96. The first-order valence-electron chi connectivity index (χ1n) is 10.6. The number of hydrogen-bond acceptors (Lipinski definition) is 2. The first kappa shape index (κ1) is 19.5. The third-order valence-corrected chi connectivity index (χ3v) is 6.15. The van der Waals surface area contributed by atoms with Crippen molar-refractivity contribution in [1.82, 2.24) is 9.55 Å². The summed E-state index contributed by atoms with van der Waals surface area (Å²) in [4.78, 5) is 19.5. The summed E-state index contributed by atoms with van der Waals surface area (Å²) < 4.78 is 15.6. The summed E-state index contributed by atoms with van der Waals surface area (Å²) in [5.74, 6) is 0.652. The smallest absolute Gasteiger partial charge is 0.227 e. The van der Waals surface area contributed by atoms with Crippen molar-refractivity contribution in [2.45, 2.75) is 32.7 Å². The molecule has 31 heavy (non-hydrogen) atoms. The van der Waals surface area contributed by atoms with Crippen molar-refractivity contribution in [3.05, 3.63) is 95.1 Å². The lowest BCUT2D eigenvalue weighted by atomic mass is 10.0. The van der Waals surface area contributed by atoms with Gasteiger partial charge in [0.1, 0.15) is 11.6 Å². The zero-order valence-electron chi connectivity index (χ0n) is 17.7. The molecular weight excluding hydrogens is 389 g/mol. The van der Waals surface area contributed by atoms with Crippen molar-refractivity contribution < 1.29 is 9.18 Å². The summed E-state index contributed by atoms with van der Waals surface area (Å²) in [6, 6.07) is 20.7. The van der Waals surface area contributed by atoms with Crippen molar-refractivity contribution in [3.63, 3.8) is 0 Å². The normalized spacial score (nSPS) is 16.4. The molecule has 156 valence electrons. The van der Waals surface area contributed by atoms with Crippen molar-refractivity contribution in [1.29, 1.82) is 0 Å². The lowest BCUT2D eigenvalue weighted by molar-refractivity contribution is -0.117. The Morgan fingerprint density at radius 2 is 1.81 bits per heavy atom. The fourth-order valence-corrected chi connectivity index (χ4v) is 4.46. The molecule has 3 aromatic carbocycles. The summed E-state index contributed by atoms with van der Waals surface area (Å²) in [5, 5.41) is 0. The average molecular weight is 413 g/mol. The van der Waals surface area contributed by atoms with E-state index >= 15 is 0 Å². The molecule has 1 fully saturated rings. The van der Waals surface area contributed by atoms with Gasteiger partial charge in [-0.05, 0) is 61.4 Å². The molecule has 1 amide bonds. The summed E-state index contributed by atoms with van der Waals surface area (Å²) in [6.07, 6.45) is 0.396. The molecule has 5 rings (SSSR count). The van der Waals surface area contributed by atoms with Gasteiger partial charge in [0, 0.05) is 31.1 Å². The third kappa shape index (κ3) is 3.61. The lowest BCUT2D eigenvalue weighted by Crippen LogP contribution is -2.24. The number of fused-ring (bicyclic) bond motifs is 1. The Hall–Kier alpha value is -3.47. The molecule has 4 aromatic rings. The second-order valence-corrected chi connectivity index (χ2v) is 8.36. The number of aryl methyl sites for hydroxylation is 2. The maximum absolute atomic E-state index is 13.3. The van der Waals surface area contributed by atoms with Crippen molar-refractivity contribution in [2.24, 2.45) is 0 Å². The monoisotopic (exact) mass is 413 g/mol. The van der Waals surface area contributed by atoms with Gasteiger partial charge >= 0.3 is 0 Å². The van der Waals surface area contributed by atoms with Crippen LogP contribution in [-0.2, 0) is 11.3 Å². The number of nitrogens with zero attached hydrogens (tertiary/aromatic N) is 3. The lowest BCUT2D eigenvalue weighted by Gasteiger charge is -2.18. The van der Waals surface area contributed by atoms with Crippen molar-refractivity contribution in [3.8, 4) is 0 Å². The van der Waals surface area contributed by atoms with E-state index < -0.39 is 0 Å². The predicted octanol–water partition coefficient (Wildman–Crippen LogP) is 5.36. The van der Waals surface area contributed by atoms with Crippen LogP contribution in [0.15, 0.2) is 66.7 Å². The second-order valence-electron chi connectivity index (χ2n) is 8.36. The summed E-state index contributed by atoms with van der Waals surface area (Å²) in [6.45, 7) is 5.49. The molecule has 5 heteroatoms. The van der Waals surface area contributed by atoms with Crippen LogP contribution < -0.4 is 4.90 Å². The topological polar surface area (TPSA) is 38.1 Å². The molecule has 0 aliphatic carbocycles. The molecular formula is C26H24FN3O. The molecule has 1 aliphatic heterocycles. The Morgan fingerprint density at radius 3 is 2.61 bits per heavy atom. The first-order chi connectivity index (χ1) is 15.0. The molecule has 1 aromatic heterocycles. The van der Waals surface area contributed by atoms with Crippen LogP contribution in [0.5, 0.6) is 0 Å². The van der Waals surface area contributed by atoms with Crippen LogP contribution in [0.1, 0.15) is 34.9 Å². The quantitative estimate of drug-likeness (QED) is 0.452. The van der Waals surface area contributed by atoms with Crippen LogP contribution in [0.25, 0.3) is 11.0 Å². The molecule has 0 spiro atoms. The SMILES string of the molecule is Cc1ccc(C)c(Cn2c(C3CC(=O)N(c4ccc(F)cc4)C3)nc3ccccc32)c1. The Morgan fingerprint density at radius 1 is 1.03 bits per heavy atom. The minimum atomic E-state index is -0.303. The van der Waals surface area contributed by atoms with Crippen LogP contribution in [0.2, 0.25) is 0 Å². The number of para-hydroxylation sites is 2. The number of aromatic nitrogens is 2. The maximum Gasteiger partial charge on any atom is 0.227 e. The third-order valence-electron chi connectivity index (χ3n) is 6.15. The van der Waals surface area contributed by atoms with E-state index in [1.54, 1.807) is 17.0 Å². The van der Waals surface area contributed by atoms with Gasteiger partial charge in [-0.15, -0.1) is 0 Å². The van der Waals surface area contributed by atoms with Gasteiger partial charge in [-0.2, -0.15) is 0 Å². The van der Waals surface area contributed by atoms with Gasteiger partial charge in [0.25, 0.3) is 0 Å². The van der Waals surface area contributed by atoms with E-state index in [2.05, 4.69) is 42.7 Å². The molecule has 4 nitrogen and oxygen atoms in total. The van der Waals surface area contributed by atoms with E-state index in [0.717, 1.165) is 22.5 Å². The number of anilines is 1. The average Bonchev–Trinajstić information content (AvgIpc) is 3.32. The largest absolute Gasteiger partial charge is 0.323 e. The summed E-state index contributed by atoms with van der Waals surface area (Å²) in [7, 11) is 0. The minimum Gasteiger partial charge on any atom is -0.323 e. The minimum absolute atomic E-state index is 0.0185. The standard InChI is InChI=1S/C26H24FN3O/c1-17-7-8-18(2)19(13-17)15-30-24-6-4-3-5-23(24)28-26(30)20-14-25(31)29(16-20)22-11-9-21(27)10-12-22/h3-13,20H,14-16H2,1-2H3. The molecule has 1 unspecified atom stereocenters. The number of imidazole rings is 1. The van der Waals surface area contributed by atoms with Crippen LogP contribution in [0.3, 0.4) is 0 Å². The molecule has 1 saturated heterocycles. The highest BCUT2D eigenvalue weighted by atomic mass is 19.1. The molecule has 0 bridgehead atoms. The Labute approximate surface area is 181 Å². The molecule has 0 N–H and O–H groups in total. The molecule has 1 atom stereocenters. The van der Waals surface area contributed by atoms with Crippen molar-refractivity contribution in [2.75, 3.05) is 11.4 Å². The van der Waals surface area contributed by atoms with E-state index in [-0.39, 0.29) is 17.6 Å². The maximum atomic E-state index is 13.3. The van der Waals surface area contributed by atoms with Gasteiger partial charge in [0.05, 0.1) is 11.0 Å². The number of rotatable bonds is 4. The predicted molar refractivity (Wildman–Crippen MR) is 121 cm³/mol. The number of carbonyl (C=O) groups is 1. The number of hydrogen-bond donors (Lipinski definition) is 0. The van der Waals surface area contributed by atoms with Crippen LogP contribution in [-0.4, -0.2) is 22.0 Å². The Kier molecular flexibility index (Phi) is 4.81. The van der Waals surface area contributed by atoms with Gasteiger partial charge in [-0.25, -0.2) is 9.37 Å². The highest BCUT2D eigenvalue weighted by Gasteiger charge is 2.35. The number of halogens is 1. The molecule has 2 heterocycles. The summed E-state index contributed by atoms with van der Waals surface area (Å²) >= 11 is 0. The highest BCUT2D eigenvalue weighted by Crippen LogP contribution is 2.34. The van der Waals surface area contributed by atoms with E-state index in [0.29, 0.717) is 19.5 Å². The fourth-order valence-electron chi connectivity index (χ4n) is 4.46. The van der Waals surface area contributed by atoms with Crippen LogP contribution in [0, 0.1) is 19.7 Å². The Bertz CT molecular complexity index is 1280. The Balaban J connectivity index is 1.54. The van der Waals surface area contributed by atoms with Crippen molar-refractivity contribution >= 4 is 22.6 Å². The zero-order valence-corrected chi connectivity index (χ0v) is 17.7. The van der Waals surface area contributed by atoms with E-state index in [1.807, 2.05) is 18.2 Å². The van der Waals surface area contributed by atoms with E-state index in [9.17, 15) is 9.18 Å². The van der Waals surface area contributed by atoms with Crippen LogP contribution in [0.4, 0.5) is 10.1 Å². The summed E-state index contributed by atoms with van der Waals surface area (Å²) in [5.41, 5.74) is 6.46. The number of amides is 1. The van der Waals surface area contributed by atoms with E-state index in [1.165, 1.54) is 28.8 Å². The first-order valence-corrected chi connectivity index (χ1v) is 10.6. The van der Waals surface area contributed by atoms with Gasteiger partial charge in [-0.3, -0.25) is 4.79 Å².